The lowest BCUT2D eigenvalue weighted by atomic mass is 9.82. The zero-order chi connectivity index (χ0) is 22.9. The van der Waals surface area contributed by atoms with E-state index in [0.29, 0.717) is 34.6 Å². The van der Waals surface area contributed by atoms with Gasteiger partial charge in [0.2, 0.25) is 0 Å². The van der Waals surface area contributed by atoms with E-state index in [2.05, 4.69) is 9.47 Å². The summed E-state index contributed by atoms with van der Waals surface area (Å²) in [5.41, 5.74) is -7.50. The average Bonchev–Trinajstić information content (AvgIpc) is 2.34. The van der Waals surface area contributed by atoms with Gasteiger partial charge in [-0.25, -0.2) is 0 Å². The predicted octanol–water partition coefficient (Wildman–Crippen LogP) is 7.13. The van der Waals surface area contributed by atoms with Gasteiger partial charge in [-0.1, -0.05) is 34.6 Å². The van der Waals surface area contributed by atoms with Crippen molar-refractivity contribution in [2.75, 3.05) is 0 Å². The van der Waals surface area contributed by atoms with Gasteiger partial charge in [-0.05, 0) is 34.6 Å². The van der Waals surface area contributed by atoms with Gasteiger partial charge < -0.3 is 9.47 Å². The molecule has 0 radical (unpaired) electrons. The van der Waals surface area contributed by atoms with E-state index in [4.69, 9.17) is 0 Å². The van der Waals surface area contributed by atoms with E-state index in [1.165, 1.54) is 0 Å². The van der Waals surface area contributed by atoms with Crippen LogP contribution >= 0.6 is 0 Å². The normalized spacial score (nSPS) is 17.1. The Morgan fingerprint density at radius 1 is 0.556 bits per heavy atom. The van der Waals surface area contributed by atoms with Crippen molar-refractivity contribution in [2.24, 2.45) is 5.41 Å². The highest BCUT2D eigenvalue weighted by Crippen LogP contribution is 2.56. The third-order valence-electron chi connectivity index (χ3n) is 3.24. The quantitative estimate of drug-likeness (QED) is 0.443. The van der Waals surface area contributed by atoms with Gasteiger partial charge in [0, 0.05) is 5.41 Å². The molecule has 0 spiro atoms. The van der Waals surface area contributed by atoms with Crippen LogP contribution in [0.5, 0.6) is 0 Å². The molecule has 0 saturated carbocycles. The van der Waals surface area contributed by atoms with Crippen LogP contribution < -0.4 is 0 Å². The molecule has 0 fully saturated rings. The number of alkyl halides is 8. The Hall–Kier alpha value is -0.640. The van der Waals surface area contributed by atoms with Gasteiger partial charge in [0.25, 0.3) is 0 Å². The summed E-state index contributed by atoms with van der Waals surface area (Å²) in [6, 6.07) is 0. The van der Waals surface area contributed by atoms with E-state index in [0.717, 1.165) is 20.8 Å². The second-order valence-corrected chi connectivity index (χ2v) is 8.26. The van der Waals surface area contributed by atoms with Crippen LogP contribution in [0.4, 0.5) is 35.1 Å². The summed E-state index contributed by atoms with van der Waals surface area (Å²) in [6.07, 6.45) is -10.8. The smallest absolute Gasteiger partial charge is 0.319 e. The van der Waals surface area contributed by atoms with Crippen LogP contribution in [0.3, 0.4) is 0 Å². The number of rotatable bonds is 5. The van der Waals surface area contributed by atoms with Gasteiger partial charge >= 0.3 is 24.1 Å². The molecular weight excluding hydrogens is 388 g/mol. The van der Waals surface area contributed by atoms with Crippen LogP contribution in [0.25, 0.3) is 0 Å². The fourth-order valence-corrected chi connectivity index (χ4v) is 1.70. The van der Waals surface area contributed by atoms with Crippen molar-refractivity contribution in [2.45, 2.75) is 105 Å². The molecule has 166 valence electrons. The summed E-state index contributed by atoms with van der Waals surface area (Å²) in [6.45, 7) is 10.1. The third kappa shape index (κ3) is 6.17. The zero-order valence-corrected chi connectivity index (χ0v) is 17.3. The molecule has 2 nitrogen and oxygen atoms in total. The molecule has 1 unspecified atom stereocenters. The first-order valence-corrected chi connectivity index (χ1v) is 8.33. The van der Waals surface area contributed by atoms with Crippen molar-refractivity contribution >= 4 is 0 Å². The number of halogens is 8. The van der Waals surface area contributed by atoms with Crippen molar-refractivity contribution in [1.82, 2.24) is 0 Å². The maximum Gasteiger partial charge on any atom is 0.455 e. The van der Waals surface area contributed by atoms with Crippen molar-refractivity contribution in [3.05, 3.63) is 0 Å². The van der Waals surface area contributed by atoms with E-state index in [1.54, 1.807) is 0 Å². The van der Waals surface area contributed by atoms with Crippen LogP contribution in [-0.2, 0) is 9.47 Å². The van der Waals surface area contributed by atoms with E-state index in [1.807, 2.05) is 13.8 Å². The molecular formula is C17H30F8O2. The fourth-order valence-electron chi connectivity index (χ4n) is 1.70. The van der Waals surface area contributed by atoms with Crippen LogP contribution in [-0.4, -0.2) is 35.3 Å². The Kier molecular flexibility index (Phi) is 8.47. The minimum Gasteiger partial charge on any atom is -0.319 e. The molecule has 0 aliphatic rings. The van der Waals surface area contributed by atoms with Crippen molar-refractivity contribution in [1.29, 1.82) is 0 Å². The summed E-state index contributed by atoms with van der Waals surface area (Å²) in [5.74, 6) is -10.8. The van der Waals surface area contributed by atoms with Gasteiger partial charge in [0.05, 0.1) is 5.60 Å². The molecule has 1 atom stereocenters. The molecule has 0 aliphatic carbocycles. The lowest BCUT2D eigenvalue weighted by molar-refractivity contribution is -0.470. The van der Waals surface area contributed by atoms with E-state index >= 15 is 0 Å². The van der Waals surface area contributed by atoms with E-state index in [9.17, 15) is 35.1 Å². The molecule has 0 aromatic carbocycles. The van der Waals surface area contributed by atoms with Crippen LogP contribution in [0.1, 0.15) is 69.2 Å². The Balaban J connectivity index is 0. The zero-order valence-electron chi connectivity index (χ0n) is 17.3. The molecule has 0 amide bonds. The first-order chi connectivity index (χ1) is 11.4. The molecule has 0 N–H and O–H groups in total. The second-order valence-electron chi connectivity index (χ2n) is 8.26. The monoisotopic (exact) mass is 418 g/mol. The van der Waals surface area contributed by atoms with Crippen molar-refractivity contribution in [3.8, 4) is 0 Å². The van der Waals surface area contributed by atoms with E-state index < -0.39 is 40.7 Å². The molecule has 0 saturated heterocycles. The standard InChI is InChI=1S/C15H24F8O2.C2H6/c1-9(2,3)12(16,17)13(18,14(19,20)21)25-11(7,8)15(22,23)24-10(4,5)6;1-2/h1-8H3;1-2H3. The topological polar surface area (TPSA) is 18.5 Å². The third-order valence-corrected chi connectivity index (χ3v) is 3.24. The maximum absolute atomic E-state index is 14.5. The largest absolute Gasteiger partial charge is 0.455 e. The SMILES string of the molecule is CC.CC(C)(C)OC(F)(F)C(C)(C)OC(F)(C(F)(F)F)C(F)(F)C(C)(C)C. The van der Waals surface area contributed by atoms with E-state index in [-0.39, 0.29) is 0 Å². The summed E-state index contributed by atoms with van der Waals surface area (Å²) < 4.78 is 119. The summed E-state index contributed by atoms with van der Waals surface area (Å²) in [4.78, 5) is 0. The molecule has 10 heteroatoms. The number of ether oxygens (including phenoxy) is 2. The summed E-state index contributed by atoms with van der Waals surface area (Å²) >= 11 is 0. The predicted molar refractivity (Wildman–Crippen MR) is 86.6 cm³/mol. The molecule has 0 aromatic heterocycles. The lowest BCUT2D eigenvalue weighted by Gasteiger charge is -2.46. The van der Waals surface area contributed by atoms with Gasteiger partial charge in [0.15, 0.2) is 5.60 Å². The van der Waals surface area contributed by atoms with Crippen molar-refractivity contribution < 1.29 is 44.6 Å². The Bertz CT molecular complexity index is 473. The number of hydrogen-bond acceptors (Lipinski definition) is 2. The average molecular weight is 418 g/mol. The number of hydrogen-bond donors (Lipinski definition) is 0. The maximum atomic E-state index is 14.5. The highest BCUT2D eigenvalue weighted by atomic mass is 19.4. The van der Waals surface area contributed by atoms with Crippen LogP contribution in [0, 0.1) is 5.41 Å². The molecule has 0 bridgehead atoms. The lowest BCUT2D eigenvalue weighted by Crippen LogP contribution is -2.67. The van der Waals surface area contributed by atoms with Crippen LogP contribution in [0.15, 0.2) is 0 Å². The minimum absolute atomic E-state index is 0.345. The highest BCUT2D eigenvalue weighted by molar-refractivity contribution is 5.02. The Morgan fingerprint density at radius 2 is 0.889 bits per heavy atom. The van der Waals surface area contributed by atoms with Gasteiger partial charge in [-0.3, -0.25) is 0 Å². The first kappa shape index (κ1) is 28.6. The first-order valence-electron chi connectivity index (χ1n) is 8.33. The van der Waals surface area contributed by atoms with Crippen molar-refractivity contribution in [3.63, 3.8) is 0 Å². The second kappa shape index (κ2) is 8.00. The molecule has 27 heavy (non-hydrogen) atoms. The van der Waals surface area contributed by atoms with Crippen LogP contribution in [0.2, 0.25) is 0 Å². The summed E-state index contributed by atoms with van der Waals surface area (Å²) in [7, 11) is 0. The Labute approximate surface area is 155 Å². The fraction of sp³-hybridized carbons (Fsp3) is 1.00. The van der Waals surface area contributed by atoms with Gasteiger partial charge in [-0.2, -0.15) is 35.1 Å². The highest BCUT2D eigenvalue weighted by Gasteiger charge is 2.78. The molecule has 0 heterocycles. The van der Waals surface area contributed by atoms with Gasteiger partial charge in [-0.15, -0.1) is 0 Å². The minimum atomic E-state index is -6.28. The molecule has 0 rings (SSSR count). The molecule has 0 aliphatic heterocycles. The van der Waals surface area contributed by atoms with Gasteiger partial charge in [0.1, 0.15) is 0 Å². The summed E-state index contributed by atoms with van der Waals surface area (Å²) in [5, 5.41) is 0. The Morgan fingerprint density at radius 3 is 1.11 bits per heavy atom. The molecule has 0 aromatic rings.